The molecule has 0 fully saturated rings. The molecule has 220 valence electrons. The number of likely N-dealkylation sites (N-methyl/N-ethyl adjacent to an activating group) is 1. The number of hydrogen-bond acceptors (Lipinski definition) is 5. The molecule has 0 saturated heterocycles. The van der Waals surface area contributed by atoms with Gasteiger partial charge < -0.3 is 0 Å². The van der Waals surface area contributed by atoms with E-state index in [1.54, 1.807) is 30.3 Å². The van der Waals surface area contributed by atoms with E-state index in [2.05, 4.69) is 10.4 Å². The average Bonchev–Trinajstić information content (AvgIpc) is 3.22. The minimum Gasteiger partial charge on any atom is -0.298 e. The van der Waals surface area contributed by atoms with Gasteiger partial charge in [0.05, 0.1) is 18.2 Å². The lowest BCUT2D eigenvalue weighted by molar-refractivity contribution is -0.139. The van der Waals surface area contributed by atoms with E-state index < -0.39 is 47.6 Å². The number of imide groups is 1. The molecule has 0 bridgehead atoms. The number of nitrogens with one attached hydrogen (secondary N) is 1. The van der Waals surface area contributed by atoms with Crippen LogP contribution < -0.4 is 11.0 Å². The lowest BCUT2D eigenvalue weighted by atomic mass is 9.98. The maximum Gasteiger partial charge on any atom is 0.416 e. The SMILES string of the molecule is CN(C)[C@@H](Cc1ccccc1C(F)(F)F)C(=O)NC(=O)Cn1nc(-c2ccc(Cl)cc2)n(Cc2ccccc2F)c1=O. The highest BCUT2D eigenvalue weighted by atomic mass is 35.5. The first kappa shape index (κ1) is 30.7. The zero-order valence-electron chi connectivity index (χ0n) is 22.5. The molecule has 0 radical (unpaired) electrons. The zero-order valence-corrected chi connectivity index (χ0v) is 23.3. The van der Waals surface area contributed by atoms with E-state index in [9.17, 15) is 31.9 Å². The normalized spacial score (nSPS) is 12.4. The number of aromatic nitrogens is 3. The highest BCUT2D eigenvalue weighted by Crippen LogP contribution is 2.32. The third kappa shape index (κ3) is 7.12. The lowest BCUT2D eigenvalue weighted by Gasteiger charge is -2.24. The Labute approximate surface area is 243 Å². The summed E-state index contributed by atoms with van der Waals surface area (Å²) in [5, 5.41) is 6.86. The van der Waals surface area contributed by atoms with Crippen LogP contribution in [-0.2, 0) is 35.3 Å². The molecule has 13 heteroatoms. The number of halogens is 5. The van der Waals surface area contributed by atoms with E-state index in [1.807, 2.05) is 0 Å². The van der Waals surface area contributed by atoms with Crippen molar-refractivity contribution in [2.75, 3.05) is 14.1 Å². The maximum atomic E-state index is 14.4. The fraction of sp³-hybridized carbons (Fsp3) is 0.241. The molecule has 1 aromatic heterocycles. The third-order valence-corrected chi connectivity index (χ3v) is 6.78. The molecule has 8 nitrogen and oxygen atoms in total. The van der Waals surface area contributed by atoms with Gasteiger partial charge in [0, 0.05) is 16.1 Å². The molecule has 42 heavy (non-hydrogen) atoms. The van der Waals surface area contributed by atoms with Crippen LogP contribution in [0.5, 0.6) is 0 Å². The third-order valence-electron chi connectivity index (χ3n) is 6.53. The number of benzene rings is 3. The molecule has 0 aliphatic carbocycles. The van der Waals surface area contributed by atoms with Crippen molar-refractivity contribution in [3.05, 3.63) is 111 Å². The Morgan fingerprint density at radius 3 is 2.21 bits per heavy atom. The van der Waals surface area contributed by atoms with Crippen LogP contribution in [0.1, 0.15) is 16.7 Å². The Hall–Kier alpha value is -4.29. The molecule has 1 atom stereocenters. The summed E-state index contributed by atoms with van der Waals surface area (Å²) >= 11 is 5.99. The molecular formula is C29H26ClF4N5O3. The molecule has 3 aromatic carbocycles. The van der Waals surface area contributed by atoms with Crippen molar-refractivity contribution in [3.8, 4) is 11.4 Å². The molecule has 0 spiro atoms. The Bertz CT molecular complexity index is 1650. The molecule has 4 aromatic rings. The van der Waals surface area contributed by atoms with Gasteiger partial charge in [-0.2, -0.15) is 13.2 Å². The highest BCUT2D eigenvalue weighted by Gasteiger charge is 2.35. The Kier molecular flexibility index (Phi) is 9.27. The van der Waals surface area contributed by atoms with Crippen molar-refractivity contribution in [3.63, 3.8) is 0 Å². The first-order valence-electron chi connectivity index (χ1n) is 12.7. The Morgan fingerprint density at radius 1 is 0.976 bits per heavy atom. The van der Waals surface area contributed by atoms with E-state index in [-0.39, 0.29) is 29.9 Å². The van der Waals surface area contributed by atoms with Crippen LogP contribution in [0.2, 0.25) is 5.02 Å². The standard InChI is InChI=1S/C29H26ClF4N5O3/c1-37(2)24(15-19-7-3-5-9-22(19)29(32,33)34)27(41)35-25(40)17-39-28(42)38(16-20-8-4-6-10-23(20)31)26(36-39)18-11-13-21(30)14-12-18/h3-14,24H,15-17H2,1-2H3,(H,35,40,41)/t24-/m0/s1. The number of nitrogens with zero attached hydrogens (tertiary/aromatic N) is 4. The van der Waals surface area contributed by atoms with Gasteiger partial charge in [-0.25, -0.2) is 13.9 Å². The number of carbonyl (C=O) groups is 2. The van der Waals surface area contributed by atoms with Crippen LogP contribution in [0.25, 0.3) is 11.4 Å². The molecule has 4 rings (SSSR count). The summed E-state index contributed by atoms with van der Waals surface area (Å²) in [6.45, 7) is -0.861. The number of amides is 2. The van der Waals surface area contributed by atoms with Crippen LogP contribution >= 0.6 is 11.6 Å². The number of hydrogen-bond donors (Lipinski definition) is 1. The molecule has 0 aliphatic heterocycles. The Morgan fingerprint density at radius 2 is 1.60 bits per heavy atom. The van der Waals surface area contributed by atoms with E-state index in [0.717, 1.165) is 10.7 Å². The van der Waals surface area contributed by atoms with Crippen LogP contribution in [-0.4, -0.2) is 51.2 Å². The van der Waals surface area contributed by atoms with E-state index in [1.165, 1.54) is 60.0 Å². The van der Waals surface area contributed by atoms with Crippen molar-refractivity contribution in [1.29, 1.82) is 0 Å². The van der Waals surface area contributed by atoms with Gasteiger partial charge in [0.1, 0.15) is 12.4 Å². The molecule has 1 heterocycles. The minimum atomic E-state index is -4.62. The predicted molar refractivity (Wildman–Crippen MR) is 148 cm³/mol. The largest absolute Gasteiger partial charge is 0.416 e. The monoisotopic (exact) mass is 603 g/mol. The summed E-state index contributed by atoms with van der Waals surface area (Å²) in [5.41, 5.74) is -1.05. The van der Waals surface area contributed by atoms with Crippen LogP contribution in [0.4, 0.5) is 17.6 Å². The van der Waals surface area contributed by atoms with Gasteiger partial charge in [-0.05, 0) is 62.5 Å². The first-order valence-corrected chi connectivity index (χ1v) is 13.0. The topological polar surface area (TPSA) is 89.2 Å². The second-order valence-electron chi connectivity index (χ2n) is 9.70. The van der Waals surface area contributed by atoms with Gasteiger partial charge in [0.25, 0.3) is 0 Å². The lowest BCUT2D eigenvalue weighted by Crippen LogP contribution is -2.48. The van der Waals surface area contributed by atoms with Crippen LogP contribution in [0.3, 0.4) is 0 Å². The fourth-order valence-electron chi connectivity index (χ4n) is 4.39. The van der Waals surface area contributed by atoms with E-state index in [4.69, 9.17) is 11.6 Å². The number of alkyl halides is 3. The number of carbonyl (C=O) groups excluding carboxylic acids is 2. The summed E-state index contributed by atoms with van der Waals surface area (Å²) in [6.07, 6.45) is -4.94. The van der Waals surface area contributed by atoms with Crippen molar-refractivity contribution in [2.24, 2.45) is 0 Å². The second-order valence-corrected chi connectivity index (χ2v) is 10.1. The summed E-state index contributed by atoms with van der Waals surface area (Å²) in [7, 11) is 3.00. The van der Waals surface area contributed by atoms with Gasteiger partial charge in [0.2, 0.25) is 11.8 Å². The fourth-order valence-corrected chi connectivity index (χ4v) is 4.51. The van der Waals surface area contributed by atoms with Gasteiger partial charge in [-0.3, -0.25) is 24.4 Å². The highest BCUT2D eigenvalue weighted by molar-refractivity contribution is 6.30. The smallest absolute Gasteiger partial charge is 0.298 e. The van der Waals surface area contributed by atoms with Gasteiger partial charge in [-0.15, -0.1) is 5.10 Å². The van der Waals surface area contributed by atoms with Crippen molar-refractivity contribution in [1.82, 2.24) is 24.6 Å². The molecule has 2 amide bonds. The molecule has 1 N–H and O–H groups in total. The quantitative estimate of drug-likeness (QED) is 0.287. The average molecular weight is 604 g/mol. The van der Waals surface area contributed by atoms with Gasteiger partial charge in [-0.1, -0.05) is 48.0 Å². The van der Waals surface area contributed by atoms with Crippen LogP contribution in [0.15, 0.2) is 77.6 Å². The van der Waals surface area contributed by atoms with E-state index >= 15 is 0 Å². The number of rotatable bonds is 9. The molecule has 0 saturated carbocycles. The van der Waals surface area contributed by atoms with Gasteiger partial charge in [0.15, 0.2) is 5.82 Å². The zero-order chi connectivity index (χ0) is 30.6. The first-order chi connectivity index (χ1) is 19.8. The van der Waals surface area contributed by atoms with Gasteiger partial charge >= 0.3 is 11.9 Å². The summed E-state index contributed by atoms with van der Waals surface area (Å²) in [6, 6.07) is 16.0. The second kappa shape index (κ2) is 12.7. The van der Waals surface area contributed by atoms with Crippen molar-refractivity contribution >= 4 is 23.4 Å². The molecule has 0 aliphatic rings. The van der Waals surface area contributed by atoms with E-state index in [0.29, 0.717) is 10.6 Å². The predicted octanol–water partition coefficient (Wildman–Crippen LogP) is 4.39. The van der Waals surface area contributed by atoms with Crippen molar-refractivity contribution < 1.29 is 27.2 Å². The molecular weight excluding hydrogens is 578 g/mol. The molecule has 0 unspecified atom stereocenters. The summed E-state index contributed by atoms with van der Waals surface area (Å²) < 4.78 is 56.9. The maximum absolute atomic E-state index is 14.4. The van der Waals surface area contributed by atoms with Crippen molar-refractivity contribution in [2.45, 2.75) is 31.7 Å². The summed E-state index contributed by atoms with van der Waals surface area (Å²) in [4.78, 5) is 40.6. The summed E-state index contributed by atoms with van der Waals surface area (Å²) in [5.74, 6) is -2.16. The Balaban J connectivity index is 1.58. The van der Waals surface area contributed by atoms with Crippen LogP contribution in [0, 0.1) is 5.82 Å². The minimum absolute atomic E-state index is 0.109.